The van der Waals surface area contributed by atoms with Crippen LogP contribution < -0.4 is 4.74 Å². The van der Waals surface area contributed by atoms with E-state index in [-0.39, 0.29) is 0 Å². The first kappa shape index (κ1) is 17.1. The predicted molar refractivity (Wildman–Crippen MR) is 109 cm³/mol. The molecule has 4 aromatic rings. The van der Waals surface area contributed by atoms with Crippen molar-refractivity contribution in [1.82, 2.24) is 9.38 Å². The number of pyridine rings is 1. The number of nitrogens with zero attached hydrogens (tertiary/aromatic N) is 3. The summed E-state index contributed by atoms with van der Waals surface area (Å²) in [6.07, 6.45) is 5.32. The maximum Gasteiger partial charge on any atom is 0.168 e. The number of ether oxygens (including phenoxy) is 1. The van der Waals surface area contributed by atoms with Crippen molar-refractivity contribution in [2.45, 2.75) is 0 Å². The topological polar surface area (TPSA) is 52.0 Å². The van der Waals surface area contributed by atoms with Gasteiger partial charge in [0.2, 0.25) is 0 Å². The van der Waals surface area contributed by atoms with Crippen LogP contribution in [-0.2, 0) is 0 Å². The third-order valence-electron chi connectivity index (χ3n) is 3.83. The molecule has 0 aliphatic heterocycles. The molecule has 26 heavy (non-hydrogen) atoms. The van der Waals surface area contributed by atoms with Crippen LogP contribution in [0.15, 0.2) is 73.3 Å². The van der Waals surface area contributed by atoms with Gasteiger partial charge in [0.05, 0.1) is 13.4 Å². The molecule has 0 saturated heterocycles. The number of aliphatic imine (C=N–C) groups is 1. The van der Waals surface area contributed by atoms with Crippen molar-refractivity contribution in [3.05, 3.63) is 69.4 Å². The molecule has 0 N–H and O–H groups in total. The van der Waals surface area contributed by atoms with Gasteiger partial charge < -0.3 is 9.15 Å². The second-order valence-corrected chi connectivity index (χ2v) is 7.31. The second-order valence-electron chi connectivity index (χ2n) is 5.48. The number of hydrogen-bond donors (Lipinski definition) is 0. The highest BCUT2D eigenvalue weighted by molar-refractivity contribution is 9.10. The molecule has 0 radical (unpaired) electrons. The Kier molecular flexibility index (Phi) is 4.65. The molecule has 130 valence electrons. The first-order chi connectivity index (χ1) is 12.7. The van der Waals surface area contributed by atoms with E-state index in [1.165, 1.54) is 0 Å². The zero-order valence-corrected chi connectivity index (χ0v) is 16.9. The lowest BCUT2D eigenvalue weighted by Crippen LogP contribution is -1.91. The monoisotopic (exact) mass is 473 g/mol. The molecule has 0 fully saturated rings. The molecule has 4 rings (SSSR count). The van der Waals surface area contributed by atoms with Crippen molar-refractivity contribution in [2.24, 2.45) is 4.99 Å². The van der Waals surface area contributed by atoms with Crippen molar-refractivity contribution in [3.63, 3.8) is 0 Å². The zero-order chi connectivity index (χ0) is 18.1. The van der Waals surface area contributed by atoms with Crippen molar-refractivity contribution in [2.75, 3.05) is 7.11 Å². The number of methoxy groups -OCH3 is 1. The van der Waals surface area contributed by atoms with E-state index in [4.69, 9.17) is 14.1 Å². The van der Waals surface area contributed by atoms with E-state index in [0.29, 0.717) is 17.3 Å². The Morgan fingerprint density at radius 3 is 2.77 bits per heavy atom. The summed E-state index contributed by atoms with van der Waals surface area (Å²) in [4.78, 5) is 9.37. The first-order valence-corrected chi connectivity index (χ1v) is 9.33. The quantitative estimate of drug-likeness (QED) is 0.347. The molecule has 3 aromatic heterocycles. The Hall–Kier alpha value is -2.38. The number of hydrogen-bond acceptors (Lipinski definition) is 4. The molecule has 0 unspecified atom stereocenters. The zero-order valence-electron chi connectivity index (χ0n) is 13.7. The summed E-state index contributed by atoms with van der Waals surface area (Å²) in [6.45, 7) is 0. The van der Waals surface area contributed by atoms with Crippen LogP contribution in [0.3, 0.4) is 0 Å². The summed E-state index contributed by atoms with van der Waals surface area (Å²) in [5.74, 6) is 2.09. The maximum atomic E-state index is 5.54. The number of aromatic nitrogens is 2. The fourth-order valence-electron chi connectivity index (χ4n) is 2.65. The van der Waals surface area contributed by atoms with E-state index >= 15 is 0 Å². The minimum Gasteiger partial charge on any atom is -0.496 e. The average molecular weight is 475 g/mol. The van der Waals surface area contributed by atoms with Crippen molar-refractivity contribution < 1.29 is 9.15 Å². The summed E-state index contributed by atoms with van der Waals surface area (Å²) in [7, 11) is 1.64. The van der Waals surface area contributed by atoms with Crippen molar-refractivity contribution in [3.8, 4) is 17.2 Å². The number of fused-ring (bicyclic) bond motifs is 1. The van der Waals surface area contributed by atoms with E-state index in [1.54, 1.807) is 19.6 Å². The van der Waals surface area contributed by atoms with E-state index in [2.05, 4.69) is 36.8 Å². The highest BCUT2D eigenvalue weighted by Gasteiger charge is 2.16. The fourth-order valence-corrected chi connectivity index (χ4v) is 3.36. The van der Waals surface area contributed by atoms with Crippen molar-refractivity contribution in [1.29, 1.82) is 0 Å². The molecule has 0 aliphatic rings. The van der Waals surface area contributed by atoms with Gasteiger partial charge in [-0.3, -0.25) is 4.40 Å². The third-order valence-corrected chi connectivity index (χ3v) is 4.79. The highest BCUT2D eigenvalue weighted by atomic mass is 79.9. The molecule has 0 aliphatic carbocycles. The molecule has 0 amide bonds. The Morgan fingerprint density at radius 1 is 1.15 bits per heavy atom. The van der Waals surface area contributed by atoms with Crippen LogP contribution in [0.2, 0.25) is 0 Å². The van der Waals surface area contributed by atoms with Gasteiger partial charge in [0.1, 0.15) is 11.4 Å². The highest BCUT2D eigenvalue weighted by Crippen LogP contribution is 2.32. The molecule has 0 atom stereocenters. The Labute approximate surface area is 166 Å². The van der Waals surface area contributed by atoms with Crippen LogP contribution >= 0.6 is 31.9 Å². The standard InChI is InChI=1S/C19H13Br2N3O2/c1-25-15-6-4-13(20)9-12(15)10-22-19-18(16-3-2-8-26-16)23-17-7-5-14(21)11-24(17)19/h2-11H,1H3. The summed E-state index contributed by atoms with van der Waals surface area (Å²) < 4.78 is 14.8. The number of imidazole rings is 1. The lowest BCUT2D eigenvalue weighted by Gasteiger charge is -2.05. The van der Waals surface area contributed by atoms with Gasteiger partial charge in [0.15, 0.2) is 17.3 Å². The normalized spacial score (nSPS) is 11.5. The number of furan rings is 1. The minimum absolute atomic E-state index is 0.665. The van der Waals surface area contributed by atoms with Crippen LogP contribution in [0.5, 0.6) is 5.75 Å². The smallest absolute Gasteiger partial charge is 0.168 e. The van der Waals surface area contributed by atoms with Crippen LogP contribution in [0, 0.1) is 0 Å². The molecule has 1 aromatic carbocycles. The van der Waals surface area contributed by atoms with Gasteiger partial charge >= 0.3 is 0 Å². The number of halogens is 2. The Bertz CT molecular complexity index is 1100. The van der Waals surface area contributed by atoms with E-state index < -0.39 is 0 Å². The summed E-state index contributed by atoms with van der Waals surface area (Å²) in [5, 5.41) is 0. The average Bonchev–Trinajstić information content (AvgIpc) is 3.27. The van der Waals surface area contributed by atoms with Crippen LogP contribution in [-0.4, -0.2) is 22.7 Å². The third kappa shape index (κ3) is 3.20. The summed E-state index contributed by atoms with van der Waals surface area (Å²) >= 11 is 6.99. The number of rotatable bonds is 4. The van der Waals surface area contributed by atoms with Gasteiger partial charge in [0.25, 0.3) is 0 Å². The van der Waals surface area contributed by atoms with Crippen LogP contribution in [0.1, 0.15) is 5.56 Å². The predicted octanol–water partition coefficient (Wildman–Crippen LogP) is 5.88. The maximum absolute atomic E-state index is 5.54. The molecular formula is C19H13Br2N3O2. The molecule has 0 bridgehead atoms. The molecular weight excluding hydrogens is 462 g/mol. The lowest BCUT2D eigenvalue weighted by atomic mass is 10.2. The first-order valence-electron chi connectivity index (χ1n) is 7.75. The minimum atomic E-state index is 0.665. The van der Waals surface area contributed by atoms with Gasteiger partial charge in [-0.1, -0.05) is 15.9 Å². The fraction of sp³-hybridized carbons (Fsp3) is 0.0526. The molecule has 7 heteroatoms. The van der Waals surface area contributed by atoms with Gasteiger partial charge in [-0.25, -0.2) is 9.98 Å². The van der Waals surface area contributed by atoms with Crippen LogP contribution in [0.25, 0.3) is 17.1 Å². The van der Waals surface area contributed by atoms with E-state index in [9.17, 15) is 0 Å². The molecule has 0 spiro atoms. The molecule has 0 saturated carbocycles. The van der Waals surface area contributed by atoms with Crippen molar-refractivity contribution >= 4 is 49.5 Å². The Morgan fingerprint density at radius 2 is 2.00 bits per heavy atom. The molecule has 5 nitrogen and oxygen atoms in total. The van der Waals surface area contributed by atoms with E-state index in [0.717, 1.165) is 25.9 Å². The SMILES string of the molecule is COc1ccc(Br)cc1C=Nc1c(-c2ccco2)nc2ccc(Br)cn12. The lowest BCUT2D eigenvalue weighted by molar-refractivity contribution is 0.414. The summed E-state index contributed by atoms with van der Waals surface area (Å²) in [5.41, 5.74) is 2.32. The number of benzene rings is 1. The van der Waals surface area contributed by atoms with Gasteiger partial charge in [-0.15, -0.1) is 0 Å². The largest absolute Gasteiger partial charge is 0.496 e. The van der Waals surface area contributed by atoms with E-state index in [1.807, 2.05) is 53.1 Å². The molecule has 3 heterocycles. The van der Waals surface area contributed by atoms with Gasteiger partial charge in [-0.2, -0.15) is 0 Å². The Balaban J connectivity index is 1.89. The van der Waals surface area contributed by atoms with Crippen LogP contribution in [0.4, 0.5) is 5.82 Å². The van der Waals surface area contributed by atoms with Gasteiger partial charge in [0, 0.05) is 26.9 Å². The van der Waals surface area contributed by atoms with Gasteiger partial charge in [-0.05, 0) is 58.4 Å². The second kappa shape index (κ2) is 7.09. The summed E-state index contributed by atoms with van der Waals surface area (Å²) in [6, 6.07) is 13.3.